The molecule has 0 saturated heterocycles. The molecule has 0 amide bonds. The minimum absolute atomic E-state index is 0.833. The van der Waals surface area contributed by atoms with Gasteiger partial charge in [0, 0.05) is 0 Å². The Bertz CT molecular complexity index is 48.2. The maximum Gasteiger partial charge on any atom is 0.324 e. The van der Waals surface area contributed by atoms with Crippen LogP contribution in [-0.4, -0.2) is 32.8 Å². The van der Waals surface area contributed by atoms with E-state index in [1.54, 1.807) is 0 Å². The molecule has 50 valence electrons. The number of hydrogen-bond donors (Lipinski definition) is 1. The first kappa shape index (κ1) is 12.7. The van der Waals surface area contributed by atoms with Gasteiger partial charge in [-0.05, 0) is 0 Å². The van der Waals surface area contributed by atoms with Crippen LogP contribution in [0.25, 0.3) is 0 Å². The monoisotopic (exact) mass is 158 g/mol. The van der Waals surface area contributed by atoms with Gasteiger partial charge in [-0.1, -0.05) is 0 Å². The molecule has 0 aliphatic carbocycles. The first-order valence-corrected chi connectivity index (χ1v) is 5.48. The fraction of sp³-hybridized carbons (Fsp3) is 1.00. The van der Waals surface area contributed by atoms with E-state index in [9.17, 15) is 0 Å². The Morgan fingerprint density at radius 1 is 1.56 bits per heavy atom. The SMILES string of the molecule is CCCC[CH2][Na].O=PO. The van der Waals surface area contributed by atoms with Gasteiger partial charge in [-0.15, -0.1) is 0 Å². The van der Waals surface area contributed by atoms with Crippen LogP contribution in [-0.2, 0) is 4.57 Å². The molecular formula is C5H12NaO2P. The van der Waals surface area contributed by atoms with Crippen molar-refractivity contribution in [3.63, 3.8) is 0 Å². The van der Waals surface area contributed by atoms with E-state index < -0.39 is 8.69 Å². The van der Waals surface area contributed by atoms with Gasteiger partial charge < -0.3 is 4.89 Å². The summed E-state index contributed by atoms with van der Waals surface area (Å²) in [6.45, 7) is 2.25. The van der Waals surface area contributed by atoms with Crippen molar-refractivity contribution in [1.29, 1.82) is 0 Å². The molecule has 2 nitrogen and oxygen atoms in total. The molecule has 4 heteroatoms. The fourth-order valence-corrected chi connectivity index (χ4v) is 1.000. The minimum atomic E-state index is -0.833. The average molecular weight is 158 g/mol. The van der Waals surface area contributed by atoms with Gasteiger partial charge in [0.1, 0.15) is 0 Å². The number of rotatable bonds is 3. The van der Waals surface area contributed by atoms with Crippen LogP contribution >= 0.6 is 8.69 Å². The van der Waals surface area contributed by atoms with Crippen LogP contribution in [0.2, 0.25) is 3.67 Å². The van der Waals surface area contributed by atoms with Gasteiger partial charge in [-0.25, -0.2) is 4.57 Å². The fourth-order valence-electron chi connectivity index (χ4n) is 0.500. The molecule has 9 heavy (non-hydrogen) atoms. The van der Waals surface area contributed by atoms with Gasteiger partial charge in [-0.2, -0.15) is 0 Å². The summed E-state index contributed by atoms with van der Waals surface area (Å²) in [5, 5.41) is 0. The summed E-state index contributed by atoms with van der Waals surface area (Å²) < 4.78 is 9.95. The van der Waals surface area contributed by atoms with E-state index in [0.29, 0.717) is 0 Å². The van der Waals surface area contributed by atoms with E-state index in [1.807, 2.05) is 0 Å². The summed E-state index contributed by atoms with van der Waals surface area (Å²) in [6, 6.07) is 0. The first-order valence-electron chi connectivity index (χ1n) is 3.30. The second-order valence-electron chi connectivity index (χ2n) is 1.79. The van der Waals surface area contributed by atoms with Crippen LogP contribution in [0.1, 0.15) is 26.2 Å². The van der Waals surface area contributed by atoms with E-state index in [1.165, 1.54) is 50.9 Å². The maximum atomic E-state index is 8.46. The Balaban J connectivity index is 0. The Morgan fingerprint density at radius 3 is 2.11 bits per heavy atom. The van der Waals surface area contributed by atoms with E-state index in [4.69, 9.17) is 9.46 Å². The Morgan fingerprint density at radius 2 is 2.00 bits per heavy atom. The Labute approximate surface area is 75.7 Å². The van der Waals surface area contributed by atoms with E-state index >= 15 is 0 Å². The van der Waals surface area contributed by atoms with Crippen molar-refractivity contribution in [2.45, 2.75) is 29.9 Å². The summed E-state index contributed by atoms with van der Waals surface area (Å²) in [6.07, 6.45) is 4.30. The molecule has 0 saturated carbocycles. The third-order valence-electron chi connectivity index (χ3n) is 0.957. The van der Waals surface area contributed by atoms with Crippen molar-refractivity contribution >= 4 is 36.6 Å². The zero-order valence-electron chi connectivity index (χ0n) is 6.13. The summed E-state index contributed by atoms with van der Waals surface area (Å²) in [5.74, 6) is 0. The van der Waals surface area contributed by atoms with Gasteiger partial charge in [0.15, 0.2) is 0 Å². The zero-order valence-corrected chi connectivity index (χ0v) is 9.03. The molecule has 0 aliphatic rings. The topological polar surface area (TPSA) is 37.3 Å². The second kappa shape index (κ2) is 16.0. The molecule has 0 aliphatic heterocycles. The summed E-state index contributed by atoms with van der Waals surface area (Å²) >= 11 is 1.40. The van der Waals surface area contributed by atoms with Gasteiger partial charge in [-0.3, -0.25) is 0 Å². The van der Waals surface area contributed by atoms with Gasteiger partial charge in [0.2, 0.25) is 0 Å². The molecular weight excluding hydrogens is 146 g/mol. The molecule has 0 atom stereocenters. The largest absolute Gasteiger partial charge is 0.324 e. The second-order valence-corrected chi connectivity index (χ2v) is 2.95. The molecule has 0 aromatic heterocycles. The minimum Gasteiger partial charge on any atom is -0.310 e. The van der Waals surface area contributed by atoms with Crippen molar-refractivity contribution in [3.05, 3.63) is 0 Å². The molecule has 0 bridgehead atoms. The third-order valence-corrected chi connectivity index (χ3v) is 1.66. The Kier molecular flexibility index (Phi) is 22.6. The molecule has 1 N–H and O–H groups in total. The Hall–Kier alpha value is 1.06. The zero-order chi connectivity index (χ0) is 7.54. The molecule has 0 fully saturated rings. The van der Waals surface area contributed by atoms with Crippen molar-refractivity contribution in [2.24, 2.45) is 0 Å². The molecule has 0 aromatic carbocycles. The average Bonchev–Trinajstić information content (AvgIpc) is 1.86. The molecule has 0 spiro atoms. The van der Waals surface area contributed by atoms with Crippen molar-refractivity contribution in [2.75, 3.05) is 0 Å². The van der Waals surface area contributed by atoms with Gasteiger partial charge >= 0.3 is 66.5 Å². The normalized spacial score (nSPS) is 8.44. The van der Waals surface area contributed by atoms with Crippen LogP contribution in [0.15, 0.2) is 0 Å². The predicted octanol–water partition coefficient (Wildman–Crippen LogP) is 1.95. The van der Waals surface area contributed by atoms with Crippen molar-refractivity contribution < 1.29 is 9.46 Å². The van der Waals surface area contributed by atoms with E-state index in [2.05, 4.69) is 6.92 Å². The number of unbranched alkanes of at least 4 members (excludes halogenated alkanes) is 2. The van der Waals surface area contributed by atoms with Gasteiger partial charge in [0.05, 0.1) is 0 Å². The van der Waals surface area contributed by atoms with Crippen LogP contribution in [0.4, 0.5) is 0 Å². The van der Waals surface area contributed by atoms with Crippen molar-refractivity contribution in [3.8, 4) is 0 Å². The number of hydrogen-bond acceptors (Lipinski definition) is 1. The molecule has 0 aromatic rings. The van der Waals surface area contributed by atoms with Crippen LogP contribution in [0.3, 0.4) is 0 Å². The standard InChI is InChI=1S/C5H11.Na.HO2P/c1-3-5-4-2;;1-3-2/h1,3-5H2,2H3;;(H,1,2). The summed E-state index contributed by atoms with van der Waals surface area (Å²) in [4.78, 5) is 6.99. The third kappa shape index (κ3) is 27.4. The summed E-state index contributed by atoms with van der Waals surface area (Å²) in [7, 11) is -0.833. The van der Waals surface area contributed by atoms with Crippen LogP contribution in [0, 0.1) is 0 Å². The van der Waals surface area contributed by atoms with Crippen LogP contribution in [0.5, 0.6) is 0 Å². The molecule has 0 radical (unpaired) electrons. The molecule has 0 unspecified atom stereocenters. The quantitative estimate of drug-likeness (QED) is 0.387. The van der Waals surface area contributed by atoms with Gasteiger partial charge in [0.25, 0.3) is 0 Å². The summed E-state index contributed by atoms with van der Waals surface area (Å²) in [5.41, 5.74) is 0. The van der Waals surface area contributed by atoms with E-state index in [0.717, 1.165) is 0 Å². The van der Waals surface area contributed by atoms with E-state index in [-0.39, 0.29) is 0 Å². The van der Waals surface area contributed by atoms with Crippen molar-refractivity contribution in [1.82, 2.24) is 0 Å². The van der Waals surface area contributed by atoms with Crippen LogP contribution < -0.4 is 0 Å². The molecule has 0 rings (SSSR count). The molecule has 0 heterocycles. The smallest absolute Gasteiger partial charge is 0.310 e. The maximum absolute atomic E-state index is 8.46. The first-order chi connectivity index (χ1) is 4.33. The predicted molar refractivity (Wildman–Crippen MR) is 39.9 cm³/mol.